The topological polar surface area (TPSA) is 48.5 Å². The van der Waals surface area contributed by atoms with Gasteiger partial charge in [-0.25, -0.2) is 4.98 Å². The molecule has 1 amide bonds. The summed E-state index contributed by atoms with van der Waals surface area (Å²) in [7, 11) is 0. The Morgan fingerprint density at radius 3 is 2.35 bits per heavy atom. The summed E-state index contributed by atoms with van der Waals surface area (Å²) in [6.07, 6.45) is 9.39. The summed E-state index contributed by atoms with van der Waals surface area (Å²) in [5, 5.41) is 3.30. The van der Waals surface area contributed by atoms with E-state index < -0.39 is 0 Å². The molecule has 1 saturated heterocycles. The minimum atomic E-state index is 0.0866. The molecule has 5 heteroatoms. The predicted octanol–water partition coefficient (Wildman–Crippen LogP) is 3.97. The molecule has 0 bridgehead atoms. The Morgan fingerprint density at radius 1 is 0.839 bits per heavy atom. The van der Waals surface area contributed by atoms with Crippen LogP contribution in [0.3, 0.4) is 0 Å². The molecule has 5 nitrogen and oxygen atoms in total. The van der Waals surface area contributed by atoms with Gasteiger partial charge in [-0.3, -0.25) is 9.69 Å². The maximum atomic E-state index is 12.5. The van der Waals surface area contributed by atoms with Crippen LogP contribution in [0.5, 0.6) is 0 Å². The van der Waals surface area contributed by atoms with Crippen LogP contribution < -0.4 is 10.2 Å². The quantitative estimate of drug-likeness (QED) is 0.816. The second-order valence-electron chi connectivity index (χ2n) is 9.55. The fourth-order valence-corrected chi connectivity index (χ4v) is 6.04. The molecule has 1 aromatic heterocycles. The van der Waals surface area contributed by atoms with Crippen LogP contribution in [0.15, 0.2) is 54.7 Å². The molecule has 164 valence electrons. The minimum Gasteiger partial charge on any atom is -0.354 e. The van der Waals surface area contributed by atoms with Gasteiger partial charge in [0.2, 0.25) is 0 Å². The number of amides is 1. The molecule has 1 aliphatic heterocycles. The van der Waals surface area contributed by atoms with Crippen LogP contribution in [0.1, 0.15) is 48.9 Å². The van der Waals surface area contributed by atoms with Gasteiger partial charge in [-0.05, 0) is 74.6 Å². The van der Waals surface area contributed by atoms with E-state index in [1.54, 1.807) is 0 Å². The van der Waals surface area contributed by atoms with Gasteiger partial charge < -0.3 is 10.2 Å². The van der Waals surface area contributed by atoms with E-state index in [0.717, 1.165) is 68.3 Å². The van der Waals surface area contributed by atoms with Gasteiger partial charge in [-0.1, -0.05) is 24.3 Å². The van der Waals surface area contributed by atoms with E-state index >= 15 is 0 Å². The zero-order valence-electron chi connectivity index (χ0n) is 18.3. The van der Waals surface area contributed by atoms with Crippen molar-refractivity contribution in [2.75, 3.05) is 31.1 Å². The lowest BCUT2D eigenvalue weighted by molar-refractivity contribution is 0.0586. The number of nitrogens with zero attached hydrogens (tertiary/aromatic N) is 3. The lowest BCUT2D eigenvalue weighted by atomic mass is 9.67. The number of nitrogens with one attached hydrogen (secondary N) is 1. The van der Waals surface area contributed by atoms with Crippen molar-refractivity contribution in [2.45, 2.75) is 50.6 Å². The summed E-state index contributed by atoms with van der Waals surface area (Å²) in [5.41, 5.74) is 0.776. The highest BCUT2D eigenvalue weighted by atomic mass is 16.1. The highest BCUT2D eigenvalue weighted by molar-refractivity contribution is 5.94. The Labute approximate surface area is 185 Å². The van der Waals surface area contributed by atoms with Crippen molar-refractivity contribution in [3.63, 3.8) is 0 Å². The van der Waals surface area contributed by atoms with Crippen LogP contribution in [0.4, 0.5) is 5.82 Å². The van der Waals surface area contributed by atoms with E-state index in [2.05, 4.69) is 32.2 Å². The maximum absolute atomic E-state index is 12.5. The number of anilines is 1. The minimum absolute atomic E-state index is 0.0866. The molecule has 31 heavy (non-hydrogen) atoms. The summed E-state index contributed by atoms with van der Waals surface area (Å²) in [6, 6.07) is 16.9. The summed E-state index contributed by atoms with van der Waals surface area (Å²) in [5.74, 6) is 2.81. The molecule has 2 aromatic rings. The lowest BCUT2D eigenvalue weighted by Crippen LogP contribution is -2.53. The molecule has 5 rings (SSSR count). The molecule has 2 heterocycles. The maximum Gasteiger partial charge on any atom is 0.251 e. The van der Waals surface area contributed by atoms with E-state index in [9.17, 15) is 4.79 Å². The van der Waals surface area contributed by atoms with Gasteiger partial charge in [0.25, 0.3) is 5.91 Å². The number of hydrogen-bond acceptors (Lipinski definition) is 4. The lowest BCUT2D eigenvalue weighted by Gasteiger charge is -2.47. The highest BCUT2D eigenvalue weighted by Gasteiger charge is 2.38. The first-order valence-corrected chi connectivity index (χ1v) is 12.0. The molecule has 1 N–H and O–H groups in total. The van der Waals surface area contributed by atoms with Gasteiger partial charge in [0.05, 0.1) is 0 Å². The van der Waals surface area contributed by atoms with Crippen LogP contribution in [0.2, 0.25) is 0 Å². The number of carbonyl (C=O) groups excluding carboxylic acids is 1. The molecule has 1 aromatic carbocycles. The number of rotatable bonds is 4. The first-order chi connectivity index (χ1) is 15.3. The van der Waals surface area contributed by atoms with E-state index in [1.165, 1.54) is 25.7 Å². The number of aromatic nitrogens is 1. The van der Waals surface area contributed by atoms with Crippen LogP contribution in [0, 0.1) is 11.8 Å². The first-order valence-electron chi connectivity index (χ1n) is 12.0. The van der Waals surface area contributed by atoms with Gasteiger partial charge in [0, 0.05) is 50.0 Å². The Kier molecular flexibility index (Phi) is 6.21. The van der Waals surface area contributed by atoms with Crippen molar-refractivity contribution < 1.29 is 4.79 Å². The number of piperazine rings is 1. The molecule has 4 atom stereocenters. The summed E-state index contributed by atoms with van der Waals surface area (Å²) in [6.45, 7) is 4.45. The summed E-state index contributed by atoms with van der Waals surface area (Å²) in [4.78, 5) is 22.2. The molecule has 0 radical (unpaired) electrons. The Bertz CT molecular complexity index is 850. The van der Waals surface area contributed by atoms with Crippen LogP contribution in [-0.2, 0) is 0 Å². The van der Waals surface area contributed by atoms with Crippen molar-refractivity contribution in [2.24, 2.45) is 11.8 Å². The molecule has 0 unspecified atom stereocenters. The zero-order chi connectivity index (χ0) is 21.0. The summed E-state index contributed by atoms with van der Waals surface area (Å²) >= 11 is 0. The number of hydrogen-bond donors (Lipinski definition) is 1. The van der Waals surface area contributed by atoms with Crippen molar-refractivity contribution in [1.29, 1.82) is 0 Å². The van der Waals surface area contributed by atoms with E-state index in [0.29, 0.717) is 6.04 Å². The van der Waals surface area contributed by atoms with Gasteiger partial charge in [-0.15, -0.1) is 0 Å². The second-order valence-corrected chi connectivity index (χ2v) is 9.55. The van der Waals surface area contributed by atoms with Crippen molar-refractivity contribution in [3.8, 4) is 0 Å². The number of pyridine rings is 1. The second kappa shape index (κ2) is 9.39. The Morgan fingerprint density at radius 2 is 1.58 bits per heavy atom. The van der Waals surface area contributed by atoms with Gasteiger partial charge >= 0.3 is 0 Å². The predicted molar refractivity (Wildman–Crippen MR) is 124 cm³/mol. The van der Waals surface area contributed by atoms with E-state index in [1.807, 2.05) is 42.6 Å². The molecular weight excluding hydrogens is 384 g/mol. The third-order valence-corrected chi connectivity index (χ3v) is 7.76. The monoisotopic (exact) mass is 418 g/mol. The molecule has 2 saturated carbocycles. The van der Waals surface area contributed by atoms with Crippen molar-refractivity contribution in [1.82, 2.24) is 15.2 Å². The Balaban J connectivity index is 1.10. The smallest absolute Gasteiger partial charge is 0.251 e. The van der Waals surface area contributed by atoms with Crippen LogP contribution in [0.25, 0.3) is 0 Å². The molecular formula is C26H34N4O. The average Bonchev–Trinajstić information content (AvgIpc) is 2.85. The highest BCUT2D eigenvalue weighted by Crippen LogP contribution is 2.42. The molecule has 3 aliphatic rings. The average molecular weight is 419 g/mol. The zero-order valence-corrected chi connectivity index (χ0v) is 18.3. The van der Waals surface area contributed by atoms with Crippen LogP contribution >= 0.6 is 0 Å². The third-order valence-electron chi connectivity index (χ3n) is 7.76. The summed E-state index contributed by atoms with van der Waals surface area (Å²) < 4.78 is 0. The van der Waals surface area contributed by atoms with Crippen molar-refractivity contribution in [3.05, 3.63) is 60.3 Å². The van der Waals surface area contributed by atoms with E-state index in [4.69, 9.17) is 0 Å². The van der Waals surface area contributed by atoms with Gasteiger partial charge in [0.15, 0.2) is 0 Å². The largest absolute Gasteiger partial charge is 0.354 e. The van der Waals surface area contributed by atoms with Crippen molar-refractivity contribution >= 4 is 11.7 Å². The van der Waals surface area contributed by atoms with Crippen LogP contribution in [-0.4, -0.2) is 54.1 Å². The number of fused-ring (bicyclic) bond motifs is 1. The molecule has 3 fully saturated rings. The Hall–Kier alpha value is -2.40. The first kappa shape index (κ1) is 20.5. The SMILES string of the molecule is O=C(N[C@@H]1CC[C@H]2C[C@@H](N3CCN(c4ccccn4)CC3)CC[C@@H]2C1)c1ccccc1. The fraction of sp³-hybridized carbons (Fsp3) is 0.538. The van der Waals surface area contributed by atoms with E-state index in [-0.39, 0.29) is 5.91 Å². The number of benzene rings is 1. The normalized spacial score (nSPS) is 29.2. The van der Waals surface area contributed by atoms with Gasteiger partial charge in [0.1, 0.15) is 5.82 Å². The molecule has 2 aliphatic carbocycles. The third kappa shape index (κ3) is 4.77. The number of carbonyl (C=O) groups is 1. The van der Waals surface area contributed by atoms with Gasteiger partial charge in [-0.2, -0.15) is 0 Å². The fourth-order valence-electron chi connectivity index (χ4n) is 6.04. The molecule has 0 spiro atoms. The standard InChI is InChI=1S/C26H34N4O/c31-26(20-6-2-1-3-7-20)28-23-11-9-22-19-24(12-10-21(22)18-23)29-14-16-30(17-15-29)25-8-4-5-13-27-25/h1-8,13,21-24H,9-12,14-19H2,(H,28,31)/t21-,22+,23-,24+/m1/s1.